The molecule has 3 aromatic carbocycles. The fourth-order valence-corrected chi connectivity index (χ4v) is 3.66. The molecule has 0 atom stereocenters. The number of carbonyl (C=O) groups is 1. The van der Waals surface area contributed by atoms with Gasteiger partial charge < -0.3 is 9.15 Å². The van der Waals surface area contributed by atoms with Crippen LogP contribution in [0.5, 0.6) is 5.75 Å². The highest BCUT2D eigenvalue weighted by Gasteiger charge is 2.12. The number of hydrogen-bond donors (Lipinski definition) is 1. The zero-order valence-corrected chi connectivity index (χ0v) is 18.2. The fourth-order valence-electron chi connectivity index (χ4n) is 2.87. The number of halogens is 3. The Labute approximate surface area is 193 Å². The number of fused-ring (bicyclic) bond motifs is 1. The van der Waals surface area contributed by atoms with Crippen LogP contribution < -0.4 is 10.2 Å². The molecule has 1 amide bonds. The molecule has 0 aliphatic carbocycles. The van der Waals surface area contributed by atoms with Gasteiger partial charge in [-0.25, -0.2) is 5.43 Å². The van der Waals surface area contributed by atoms with Crippen LogP contribution in [0, 0.1) is 0 Å². The van der Waals surface area contributed by atoms with E-state index in [1.165, 1.54) is 6.21 Å². The molecule has 0 saturated heterocycles. The summed E-state index contributed by atoms with van der Waals surface area (Å²) in [4.78, 5) is 12.3. The first-order chi connectivity index (χ1) is 15.0. The second-order valence-corrected chi connectivity index (χ2v) is 7.83. The third-order valence-corrected chi connectivity index (χ3v) is 5.13. The van der Waals surface area contributed by atoms with E-state index in [9.17, 15) is 4.79 Å². The number of hydrogen-bond acceptors (Lipinski definition) is 4. The van der Waals surface area contributed by atoms with Crippen molar-refractivity contribution in [2.45, 2.75) is 6.61 Å². The number of nitrogens with one attached hydrogen (secondary N) is 1. The number of ether oxygens (including phenoxy) is 1. The molecule has 1 N–H and O–H groups in total. The highest BCUT2D eigenvalue weighted by Crippen LogP contribution is 2.34. The Morgan fingerprint density at radius 3 is 2.48 bits per heavy atom. The van der Waals surface area contributed by atoms with Crippen molar-refractivity contribution < 1.29 is 13.9 Å². The van der Waals surface area contributed by atoms with Crippen molar-refractivity contribution in [3.8, 4) is 5.75 Å². The number of amides is 1. The van der Waals surface area contributed by atoms with Crippen molar-refractivity contribution in [2.75, 3.05) is 0 Å². The Morgan fingerprint density at radius 1 is 1.00 bits per heavy atom. The Morgan fingerprint density at radius 2 is 1.74 bits per heavy atom. The van der Waals surface area contributed by atoms with Gasteiger partial charge in [0, 0.05) is 10.4 Å². The van der Waals surface area contributed by atoms with Gasteiger partial charge in [0.1, 0.15) is 12.2 Å². The maximum Gasteiger partial charge on any atom is 0.307 e. The maximum atomic E-state index is 12.3. The smallest absolute Gasteiger partial charge is 0.307 e. The minimum Gasteiger partial charge on any atom is -0.486 e. The summed E-state index contributed by atoms with van der Waals surface area (Å²) in [6.07, 6.45) is 1.43. The van der Waals surface area contributed by atoms with Crippen LogP contribution in [0.25, 0.3) is 11.0 Å². The van der Waals surface area contributed by atoms with Crippen molar-refractivity contribution in [1.29, 1.82) is 0 Å². The zero-order chi connectivity index (χ0) is 21.8. The molecule has 0 aliphatic heterocycles. The second kappa shape index (κ2) is 9.43. The lowest BCUT2D eigenvalue weighted by atomic mass is 10.2. The minimum absolute atomic E-state index is 0.121. The van der Waals surface area contributed by atoms with Crippen LogP contribution in [0.3, 0.4) is 0 Å². The predicted octanol–water partition coefficient (Wildman–Crippen LogP) is 6.74. The molecule has 31 heavy (non-hydrogen) atoms. The molecule has 1 aromatic heterocycles. The summed E-state index contributed by atoms with van der Waals surface area (Å²) < 4.78 is 11.2. The molecule has 0 spiro atoms. The van der Waals surface area contributed by atoms with Gasteiger partial charge >= 0.3 is 5.91 Å². The monoisotopic (exact) mass is 472 g/mol. The summed E-state index contributed by atoms with van der Waals surface area (Å²) in [6, 6.07) is 19.7. The molecule has 0 aliphatic rings. The van der Waals surface area contributed by atoms with Crippen LogP contribution in [0.4, 0.5) is 0 Å². The molecule has 0 fully saturated rings. The molecule has 4 rings (SSSR count). The summed E-state index contributed by atoms with van der Waals surface area (Å²) in [6.45, 7) is 0.340. The van der Waals surface area contributed by atoms with E-state index in [1.54, 1.807) is 36.4 Å². The molecule has 5 nitrogen and oxygen atoms in total. The van der Waals surface area contributed by atoms with E-state index in [-0.39, 0.29) is 5.76 Å². The van der Waals surface area contributed by atoms with Gasteiger partial charge in [0.05, 0.1) is 16.3 Å². The van der Waals surface area contributed by atoms with Crippen LogP contribution in [0.1, 0.15) is 21.7 Å². The summed E-state index contributed by atoms with van der Waals surface area (Å²) in [5.41, 5.74) is 4.56. The Kier molecular flexibility index (Phi) is 6.47. The summed E-state index contributed by atoms with van der Waals surface area (Å²) in [5, 5.41) is 5.91. The molecule has 0 radical (unpaired) electrons. The van der Waals surface area contributed by atoms with Gasteiger partial charge in [0.25, 0.3) is 0 Å². The van der Waals surface area contributed by atoms with Crippen molar-refractivity contribution in [2.24, 2.45) is 5.10 Å². The SMILES string of the molecule is O=C(N/N=C/c1cc(Cl)c(OCc2ccccc2)c(Cl)c1)c1cc2cc(Cl)ccc2o1. The van der Waals surface area contributed by atoms with E-state index in [4.69, 9.17) is 44.0 Å². The standard InChI is InChI=1S/C23H15Cl3N2O3/c24-17-6-7-20-16(10-17)11-21(31-20)23(29)28-27-12-15-8-18(25)22(19(26)9-15)30-13-14-4-2-1-3-5-14/h1-12H,13H2,(H,28,29)/b27-12+. The normalized spacial score (nSPS) is 11.2. The van der Waals surface area contributed by atoms with E-state index >= 15 is 0 Å². The van der Waals surface area contributed by atoms with Crippen LogP contribution in [0.15, 0.2) is 76.2 Å². The van der Waals surface area contributed by atoms with Crippen molar-refractivity contribution in [3.05, 3.63) is 98.7 Å². The molecular formula is C23H15Cl3N2O3. The molecule has 156 valence electrons. The number of carbonyl (C=O) groups excluding carboxylic acids is 1. The number of hydrazone groups is 1. The maximum absolute atomic E-state index is 12.3. The number of furan rings is 1. The average Bonchev–Trinajstić information content (AvgIpc) is 3.17. The van der Waals surface area contributed by atoms with Crippen molar-refractivity contribution in [1.82, 2.24) is 5.43 Å². The highest BCUT2D eigenvalue weighted by atomic mass is 35.5. The Bertz CT molecular complexity index is 1250. The van der Waals surface area contributed by atoms with Crippen molar-refractivity contribution >= 4 is 57.9 Å². The molecule has 0 unspecified atom stereocenters. The quantitative estimate of drug-likeness (QED) is 0.249. The molecule has 0 bridgehead atoms. The molecule has 8 heteroatoms. The fraction of sp³-hybridized carbons (Fsp3) is 0.0435. The van der Waals surface area contributed by atoms with E-state index in [0.29, 0.717) is 38.6 Å². The lowest BCUT2D eigenvalue weighted by Gasteiger charge is -2.10. The van der Waals surface area contributed by atoms with E-state index in [1.807, 2.05) is 30.3 Å². The topological polar surface area (TPSA) is 63.8 Å². The summed E-state index contributed by atoms with van der Waals surface area (Å²) in [5.74, 6) is 0.00744. The lowest BCUT2D eigenvalue weighted by Crippen LogP contribution is -2.16. The second-order valence-electron chi connectivity index (χ2n) is 6.58. The average molecular weight is 474 g/mol. The first kappa shape index (κ1) is 21.2. The number of benzene rings is 3. The zero-order valence-electron chi connectivity index (χ0n) is 15.9. The van der Waals surface area contributed by atoms with Gasteiger partial charge in [-0.2, -0.15) is 5.10 Å². The van der Waals surface area contributed by atoms with Crippen LogP contribution >= 0.6 is 34.8 Å². The predicted molar refractivity (Wildman–Crippen MR) is 124 cm³/mol. The van der Waals surface area contributed by atoms with Gasteiger partial charge in [0.2, 0.25) is 0 Å². The van der Waals surface area contributed by atoms with Gasteiger partial charge in [-0.05, 0) is 47.5 Å². The molecule has 4 aromatic rings. The summed E-state index contributed by atoms with van der Waals surface area (Å²) >= 11 is 18.6. The Hall–Kier alpha value is -2.99. The number of nitrogens with zero attached hydrogens (tertiary/aromatic N) is 1. The van der Waals surface area contributed by atoms with Crippen molar-refractivity contribution in [3.63, 3.8) is 0 Å². The highest BCUT2D eigenvalue weighted by molar-refractivity contribution is 6.37. The molecular weight excluding hydrogens is 459 g/mol. The van der Waals surface area contributed by atoms with E-state index in [0.717, 1.165) is 10.9 Å². The van der Waals surface area contributed by atoms with Gasteiger partial charge in [-0.1, -0.05) is 65.1 Å². The third kappa shape index (κ3) is 5.20. The summed E-state index contributed by atoms with van der Waals surface area (Å²) in [7, 11) is 0. The van der Waals surface area contributed by atoms with E-state index in [2.05, 4.69) is 10.5 Å². The lowest BCUT2D eigenvalue weighted by molar-refractivity contribution is 0.0929. The van der Waals surface area contributed by atoms with E-state index < -0.39 is 5.91 Å². The molecule has 0 saturated carbocycles. The van der Waals surface area contributed by atoms with Gasteiger partial charge in [0.15, 0.2) is 11.5 Å². The largest absolute Gasteiger partial charge is 0.486 e. The Balaban J connectivity index is 1.41. The van der Waals surface area contributed by atoms with Crippen LogP contribution in [-0.4, -0.2) is 12.1 Å². The van der Waals surface area contributed by atoms with Gasteiger partial charge in [-0.15, -0.1) is 0 Å². The third-order valence-electron chi connectivity index (χ3n) is 4.33. The molecule has 1 heterocycles. The van der Waals surface area contributed by atoms with Crippen LogP contribution in [0.2, 0.25) is 15.1 Å². The number of rotatable bonds is 6. The minimum atomic E-state index is -0.497. The first-order valence-electron chi connectivity index (χ1n) is 9.18. The first-order valence-corrected chi connectivity index (χ1v) is 10.3. The van der Waals surface area contributed by atoms with Gasteiger partial charge in [-0.3, -0.25) is 4.79 Å². The van der Waals surface area contributed by atoms with Crippen LogP contribution in [-0.2, 0) is 6.61 Å².